The highest BCUT2D eigenvalue weighted by Gasteiger charge is 2.23. The Balaban J connectivity index is 2.84. The lowest BCUT2D eigenvalue weighted by molar-refractivity contribution is -0.121. The number of amides is 2. The van der Waals surface area contributed by atoms with Crippen molar-refractivity contribution in [2.45, 2.75) is 31.7 Å². The van der Waals surface area contributed by atoms with Crippen LogP contribution in [0.25, 0.3) is 0 Å². The number of carbonyl (C=O) groups excluding carboxylic acids is 2. The molecule has 0 bridgehead atoms. The van der Waals surface area contributed by atoms with Crippen LogP contribution in [-0.4, -0.2) is 44.2 Å². The summed E-state index contributed by atoms with van der Waals surface area (Å²) in [6, 6.07) is 5.71. The largest absolute Gasteiger partial charge is 0.353 e. The minimum absolute atomic E-state index is 0.0551. The zero-order valence-corrected chi connectivity index (χ0v) is 13.9. The van der Waals surface area contributed by atoms with E-state index >= 15 is 0 Å². The highest BCUT2D eigenvalue weighted by Crippen LogP contribution is 2.17. The maximum Gasteiger partial charge on any atom is 0.243 e. The Morgan fingerprint density at radius 2 is 1.73 bits per heavy atom. The Hall–Kier alpha value is -1.93. The second-order valence-electron chi connectivity index (χ2n) is 5.19. The van der Waals surface area contributed by atoms with Crippen LogP contribution in [0.2, 0.25) is 0 Å². The first kappa shape index (κ1) is 18.1. The molecule has 7 nitrogen and oxygen atoms in total. The molecule has 122 valence electrons. The third kappa shape index (κ3) is 5.12. The van der Waals surface area contributed by atoms with Crippen LogP contribution in [0.1, 0.15) is 20.8 Å². The van der Waals surface area contributed by atoms with E-state index in [1.807, 2.05) is 0 Å². The maximum atomic E-state index is 12.3. The van der Waals surface area contributed by atoms with Crippen LogP contribution < -0.4 is 10.6 Å². The Kier molecular flexibility index (Phi) is 6.07. The van der Waals surface area contributed by atoms with Crippen molar-refractivity contribution in [1.29, 1.82) is 0 Å². The first-order valence-corrected chi connectivity index (χ1v) is 8.20. The Morgan fingerprint density at radius 1 is 1.18 bits per heavy atom. The molecule has 0 unspecified atom stereocenters. The van der Waals surface area contributed by atoms with Crippen LogP contribution in [-0.2, 0) is 19.6 Å². The molecule has 0 saturated heterocycles. The monoisotopic (exact) mass is 327 g/mol. The van der Waals surface area contributed by atoms with Gasteiger partial charge < -0.3 is 10.6 Å². The Labute approximate surface area is 130 Å². The Bertz CT molecular complexity index is 639. The molecule has 8 heteroatoms. The molecule has 0 aliphatic rings. The van der Waals surface area contributed by atoms with Crippen molar-refractivity contribution in [2.24, 2.45) is 0 Å². The van der Waals surface area contributed by atoms with E-state index in [0.29, 0.717) is 5.69 Å². The van der Waals surface area contributed by atoms with Crippen LogP contribution in [0.3, 0.4) is 0 Å². The topological polar surface area (TPSA) is 95.6 Å². The van der Waals surface area contributed by atoms with Gasteiger partial charge in [0.25, 0.3) is 0 Å². The summed E-state index contributed by atoms with van der Waals surface area (Å²) < 4.78 is 25.7. The molecule has 1 aromatic rings. The third-order valence-electron chi connectivity index (χ3n) is 2.70. The van der Waals surface area contributed by atoms with E-state index < -0.39 is 10.0 Å². The van der Waals surface area contributed by atoms with Crippen molar-refractivity contribution in [3.8, 4) is 0 Å². The van der Waals surface area contributed by atoms with E-state index in [0.717, 1.165) is 4.31 Å². The number of benzene rings is 1. The van der Waals surface area contributed by atoms with Crippen molar-refractivity contribution in [2.75, 3.05) is 18.9 Å². The second kappa shape index (κ2) is 7.37. The van der Waals surface area contributed by atoms with Crippen LogP contribution in [0.4, 0.5) is 5.69 Å². The molecular formula is C14H21N3O4S. The zero-order valence-electron chi connectivity index (χ0n) is 13.1. The number of anilines is 1. The molecule has 1 aromatic carbocycles. The lowest BCUT2D eigenvalue weighted by atomic mass is 10.3. The molecule has 2 N–H and O–H groups in total. The first-order valence-electron chi connectivity index (χ1n) is 6.76. The molecule has 0 spiro atoms. The number of hydrogen-bond acceptors (Lipinski definition) is 4. The van der Waals surface area contributed by atoms with Gasteiger partial charge in [0.1, 0.15) is 0 Å². The van der Waals surface area contributed by atoms with Gasteiger partial charge in [-0.2, -0.15) is 4.31 Å². The molecule has 0 fully saturated rings. The minimum Gasteiger partial charge on any atom is -0.353 e. The summed E-state index contributed by atoms with van der Waals surface area (Å²) in [5.74, 6) is -0.603. The summed E-state index contributed by atoms with van der Waals surface area (Å²) in [6.45, 7) is 4.71. The molecule has 0 saturated carbocycles. The predicted octanol–water partition coefficient (Wildman–Crippen LogP) is 0.790. The zero-order chi connectivity index (χ0) is 16.9. The van der Waals surface area contributed by atoms with Crippen molar-refractivity contribution in [1.82, 2.24) is 9.62 Å². The number of sulfonamides is 1. The van der Waals surface area contributed by atoms with Gasteiger partial charge in [-0.25, -0.2) is 8.42 Å². The minimum atomic E-state index is -3.76. The summed E-state index contributed by atoms with van der Waals surface area (Å²) in [6.07, 6.45) is 0. The van der Waals surface area contributed by atoms with Gasteiger partial charge in [0.2, 0.25) is 21.8 Å². The van der Waals surface area contributed by atoms with Crippen LogP contribution in [0, 0.1) is 0 Å². The lowest BCUT2D eigenvalue weighted by Gasteiger charge is -2.18. The number of likely N-dealkylation sites (N-methyl/N-ethyl adjacent to an activating group) is 1. The standard InChI is InChI=1S/C14H21N3O4S/c1-10(2)15-14(19)9-17(4)22(20,21)13-7-5-12(6-8-13)16-11(3)18/h5-8,10H,9H2,1-4H3,(H,15,19)(H,16,18). The number of nitrogens with zero attached hydrogens (tertiary/aromatic N) is 1. The highest BCUT2D eigenvalue weighted by molar-refractivity contribution is 7.89. The smallest absolute Gasteiger partial charge is 0.243 e. The number of hydrogen-bond donors (Lipinski definition) is 2. The van der Waals surface area contributed by atoms with E-state index in [2.05, 4.69) is 10.6 Å². The molecular weight excluding hydrogens is 306 g/mol. The van der Waals surface area contributed by atoms with Gasteiger partial charge >= 0.3 is 0 Å². The molecule has 2 amide bonds. The van der Waals surface area contributed by atoms with Gasteiger partial charge in [-0.1, -0.05) is 0 Å². The van der Waals surface area contributed by atoms with E-state index in [9.17, 15) is 18.0 Å². The summed E-state index contributed by atoms with van der Waals surface area (Å²) >= 11 is 0. The quantitative estimate of drug-likeness (QED) is 0.807. The van der Waals surface area contributed by atoms with Gasteiger partial charge in [-0.05, 0) is 38.1 Å². The van der Waals surface area contributed by atoms with E-state index in [4.69, 9.17) is 0 Å². The van der Waals surface area contributed by atoms with Gasteiger partial charge in [0.15, 0.2) is 0 Å². The summed E-state index contributed by atoms with van der Waals surface area (Å²) in [7, 11) is -2.41. The van der Waals surface area contributed by atoms with E-state index in [1.54, 1.807) is 13.8 Å². The Morgan fingerprint density at radius 3 is 2.18 bits per heavy atom. The summed E-state index contributed by atoms with van der Waals surface area (Å²) in [5.41, 5.74) is 0.506. The van der Waals surface area contributed by atoms with E-state index in [-0.39, 0.29) is 29.3 Å². The number of rotatable bonds is 6. The fourth-order valence-corrected chi connectivity index (χ4v) is 2.88. The average Bonchev–Trinajstić information content (AvgIpc) is 2.37. The second-order valence-corrected chi connectivity index (χ2v) is 7.23. The summed E-state index contributed by atoms with van der Waals surface area (Å²) in [4.78, 5) is 22.6. The molecule has 0 heterocycles. The van der Waals surface area contributed by atoms with Crippen molar-refractivity contribution < 1.29 is 18.0 Å². The molecule has 22 heavy (non-hydrogen) atoms. The highest BCUT2D eigenvalue weighted by atomic mass is 32.2. The van der Waals surface area contributed by atoms with Crippen molar-refractivity contribution in [3.63, 3.8) is 0 Å². The SMILES string of the molecule is CC(=O)Nc1ccc(S(=O)(=O)N(C)CC(=O)NC(C)C)cc1. The maximum absolute atomic E-state index is 12.3. The van der Waals surface area contributed by atoms with Gasteiger partial charge in [0.05, 0.1) is 11.4 Å². The average molecular weight is 327 g/mol. The normalized spacial score (nSPS) is 11.5. The van der Waals surface area contributed by atoms with Crippen LogP contribution >= 0.6 is 0 Å². The van der Waals surface area contributed by atoms with Crippen LogP contribution in [0.15, 0.2) is 29.2 Å². The number of carbonyl (C=O) groups is 2. The third-order valence-corrected chi connectivity index (χ3v) is 4.52. The lowest BCUT2D eigenvalue weighted by Crippen LogP contribution is -2.40. The molecule has 0 aliphatic heterocycles. The molecule has 0 radical (unpaired) electrons. The molecule has 0 aliphatic carbocycles. The first-order chi connectivity index (χ1) is 10.1. The van der Waals surface area contributed by atoms with E-state index in [1.165, 1.54) is 38.2 Å². The fraction of sp³-hybridized carbons (Fsp3) is 0.429. The summed E-state index contributed by atoms with van der Waals surface area (Å²) in [5, 5.41) is 5.19. The van der Waals surface area contributed by atoms with Gasteiger partial charge in [0, 0.05) is 25.7 Å². The van der Waals surface area contributed by atoms with Crippen molar-refractivity contribution >= 4 is 27.5 Å². The molecule has 0 aromatic heterocycles. The fourth-order valence-electron chi connectivity index (χ4n) is 1.75. The predicted molar refractivity (Wildman–Crippen MR) is 83.8 cm³/mol. The molecule has 1 rings (SSSR count). The van der Waals surface area contributed by atoms with Crippen molar-refractivity contribution in [3.05, 3.63) is 24.3 Å². The number of nitrogens with one attached hydrogen (secondary N) is 2. The van der Waals surface area contributed by atoms with Crippen LogP contribution in [0.5, 0.6) is 0 Å². The van der Waals surface area contributed by atoms with Gasteiger partial charge in [-0.3, -0.25) is 9.59 Å². The van der Waals surface area contributed by atoms with Gasteiger partial charge in [-0.15, -0.1) is 0 Å². The molecule has 0 atom stereocenters.